The van der Waals surface area contributed by atoms with Gasteiger partial charge in [-0.15, -0.1) is 0 Å². The van der Waals surface area contributed by atoms with E-state index in [4.69, 9.17) is 23.5 Å². The van der Waals surface area contributed by atoms with E-state index in [2.05, 4.69) is 9.97 Å². The molecule has 0 saturated carbocycles. The molecule has 1 N–H and O–H groups in total. The minimum atomic E-state index is -3.50. The lowest BCUT2D eigenvalue weighted by atomic mass is 10.1. The van der Waals surface area contributed by atoms with Crippen LogP contribution in [0.1, 0.15) is 38.8 Å². The van der Waals surface area contributed by atoms with Crippen LogP contribution in [0.3, 0.4) is 0 Å². The fourth-order valence-corrected chi connectivity index (χ4v) is 4.55. The van der Waals surface area contributed by atoms with E-state index in [1.165, 1.54) is 0 Å². The van der Waals surface area contributed by atoms with Crippen molar-refractivity contribution in [2.45, 2.75) is 44.9 Å². The molecule has 3 aromatic rings. The van der Waals surface area contributed by atoms with Gasteiger partial charge in [-0.25, -0.2) is 9.67 Å². The summed E-state index contributed by atoms with van der Waals surface area (Å²) in [6.45, 7) is 3.16. The number of fused-ring (bicyclic) bond motifs is 1. The zero-order valence-electron chi connectivity index (χ0n) is 19.8. The van der Waals surface area contributed by atoms with Gasteiger partial charge in [0.25, 0.3) is 10.1 Å². The molecule has 3 heterocycles. The van der Waals surface area contributed by atoms with Gasteiger partial charge in [-0.2, -0.15) is 18.5 Å². The summed E-state index contributed by atoms with van der Waals surface area (Å²) >= 11 is 0. The number of nitrogens with zero attached hydrogens (tertiary/aromatic N) is 4. The molecule has 0 radical (unpaired) electrons. The summed E-state index contributed by atoms with van der Waals surface area (Å²) in [5, 5.41) is 15.6. The Morgan fingerprint density at radius 3 is 2.89 bits per heavy atom. The maximum absolute atomic E-state index is 11.1. The first-order chi connectivity index (χ1) is 16.8. The Balaban J connectivity index is 1.40. The van der Waals surface area contributed by atoms with Crippen molar-refractivity contribution in [1.82, 2.24) is 19.7 Å². The van der Waals surface area contributed by atoms with Gasteiger partial charge in [-0.3, -0.25) is 4.18 Å². The van der Waals surface area contributed by atoms with Crippen LogP contribution in [0.25, 0.3) is 22.3 Å². The maximum atomic E-state index is 11.1. The molecule has 35 heavy (non-hydrogen) atoms. The fourth-order valence-electron chi connectivity index (χ4n) is 3.90. The first kappa shape index (κ1) is 25.3. The molecule has 4 rings (SSSR count). The van der Waals surface area contributed by atoms with Crippen LogP contribution in [-0.4, -0.2) is 72.1 Å². The maximum Gasteiger partial charge on any atom is 0.316 e. The summed E-state index contributed by atoms with van der Waals surface area (Å²) in [6, 6.07) is 7.09. The van der Waals surface area contributed by atoms with Crippen LogP contribution in [0, 0.1) is 0 Å². The fraction of sp³-hybridized carbons (Fsp3) is 0.522. The minimum Gasteiger partial charge on any atom is -0.508 e. The number of benzene rings is 1. The molecular formula is C23H30N4O7S. The third-order valence-corrected chi connectivity index (χ3v) is 6.03. The Hall–Kier alpha value is -2.80. The van der Waals surface area contributed by atoms with Gasteiger partial charge < -0.3 is 19.3 Å². The van der Waals surface area contributed by atoms with Gasteiger partial charge in [0.2, 0.25) is 0 Å². The van der Waals surface area contributed by atoms with Crippen LogP contribution in [0.4, 0.5) is 0 Å². The molecule has 2 aromatic heterocycles. The first-order valence-corrected chi connectivity index (χ1v) is 13.4. The normalized spacial score (nSPS) is 17.5. The van der Waals surface area contributed by atoms with Crippen molar-refractivity contribution in [1.29, 1.82) is 0 Å². The summed E-state index contributed by atoms with van der Waals surface area (Å²) < 4.78 is 45.9. The number of hydrogen-bond acceptors (Lipinski definition) is 10. The molecule has 190 valence electrons. The van der Waals surface area contributed by atoms with Gasteiger partial charge in [-0.05, 0) is 50.5 Å². The Labute approximate surface area is 204 Å². The van der Waals surface area contributed by atoms with Crippen LogP contribution in [0.15, 0.2) is 30.5 Å². The zero-order chi connectivity index (χ0) is 24.8. The van der Waals surface area contributed by atoms with Gasteiger partial charge in [0.05, 0.1) is 36.8 Å². The largest absolute Gasteiger partial charge is 0.508 e. The van der Waals surface area contributed by atoms with E-state index in [-0.39, 0.29) is 24.6 Å². The lowest BCUT2D eigenvalue weighted by molar-refractivity contribution is -0.0365. The van der Waals surface area contributed by atoms with E-state index in [1.54, 1.807) is 31.3 Å². The van der Waals surface area contributed by atoms with Gasteiger partial charge in [0.1, 0.15) is 11.4 Å². The van der Waals surface area contributed by atoms with Crippen LogP contribution < -0.4 is 4.74 Å². The number of ether oxygens (including phenoxy) is 3. The molecule has 0 bridgehead atoms. The first-order valence-electron chi connectivity index (χ1n) is 11.6. The van der Waals surface area contributed by atoms with E-state index >= 15 is 0 Å². The summed E-state index contributed by atoms with van der Waals surface area (Å²) in [4.78, 5) is 8.68. The van der Waals surface area contributed by atoms with Crippen LogP contribution in [0.5, 0.6) is 11.8 Å². The number of phenols is 1. The highest BCUT2D eigenvalue weighted by Crippen LogP contribution is 2.34. The van der Waals surface area contributed by atoms with Crippen molar-refractivity contribution >= 4 is 21.0 Å². The molecule has 1 aliphatic rings. The predicted molar refractivity (Wildman–Crippen MR) is 128 cm³/mol. The molecule has 1 aliphatic heterocycles. The molecule has 0 spiro atoms. The molecule has 1 fully saturated rings. The van der Waals surface area contributed by atoms with Crippen molar-refractivity contribution in [2.75, 3.05) is 32.7 Å². The zero-order valence-corrected chi connectivity index (χ0v) is 20.6. The SMILES string of the molecule is C[C@@H](COCCCOc1nccc(-c2nn(C3CCCCO3)c3ccc(O)cc23)n1)OS(C)(=O)=O. The second-order valence-corrected chi connectivity index (χ2v) is 10.0. The number of rotatable bonds is 11. The Kier molecular flexibility index (Phi) is 8.16. The highest BCUT2D eigenvalue weighted by Gasteiger charge is 2.22. The summed E-state index contributed by atoms with van der Waals surface area (Å²) in [6.07, 6.45) is 5.42. The molecule has 11 nitrogen and oxygen atoms in total. The standard InChI is InChI=1S/C23H30N4O7S/c1-16(34-35(2,29)30)15-31-11-5-13-33-23-24-10-9-19(25-23)22-18-14-17(28)7-8-20(18)27(26-22)21-6-3-4-12-32-21/h7-10,14,16,21,28H,3-6,11-13,15H2,1-2H3/t16-,21?/m0/s1. The topological polar surface area (TPSA) is 135 Å². The molecule has 0 aliphatic carbocycles. The molecule has 1 saturated heterocycles. The minimum absolute atomic E-state index is 0.143. The van der Waals surface area contributed by atoms with Gasteiger partial charge >= 0.3 is 6.01 Å². The quantitative estimate of drug-likeness (QED) is 0.305. The van der Waals surface area contributed by atoms with Crippen LogP contribution in [-0.2, 0) is 23.8 Å². The monoisotopic (exact) mass is 506 g/mol. The van der Waals surface area contributed by atoms with Crippen molar-refractivity contribution in [3.8, 4) is 23.1 Å². The predicted octanol–water partition coefficient (Wildman–Crippen LogP) is 3.05. The molecule has 1 unspecified atom stereocenters. The van der Waals surface area contributed by atoms with E-state index in [0.29, 0.717) is 37.6 Å². The van der Waals surface area contributed by atoms with E-state index < -0.39 is 16.2 Å². The number of aromatic hydroxyl groups is 1. The highest BCUT2D eigenvalue weighted by atomic mass is 32.2. The molecule has 12 heteroatoms. The highest BCUT2D eigenvalue weighted by molar-refractivity contribution is 7.86. The summed E-state index contributed by atoms with van der Waals surface area (Å²) in [7, 11) is -3.50. The smallest absolute Gasteiger partial charge is 0.316 e. The van der Waals surface area contributed by atoms with Crippen LogP contribution >= 0.6 is 0 Å². The Morgan fingerprint density at radius 2 is 2.11 bits per heavy atom. The second-order valence-electron chi connectivity index (χ2n) is 8.43. The third-order valence-electron chi connectivity index (χ3n) is 5.35. The average molecular weight is 507 g/mol. The van der Waals surface area contributed by atoms with E-state index in [9.17, 15) is 13.5 Å². The molecule has 1 aromatic carbocycles. The average Bonchev–Trinajstić information content (AvgIpc) is 3.19. The molecule has 0 amide bonds. The second kappa shape index (κ2) is 11.3. The number of aromatic nitrogens is 4. The third kappa shape index (κ3) is 6.88. The summed E-state index contributed by atoms with van der Waals surface area (Å²) in [5.74, 6) is 0.143. The van der Waals surface area contributed by atoms with Crippen molar-refractivity contribution in [3.63, 3.8) is 0 Å². The van der Waals surface area contributed by atoms with Gasteiger partial charge in [0.15, 0.2) is 6.23 Å². The summed E-state index contributed by atoms with van der Waals surface area (Å²) in [5.41, 5.74) is 2.04. The Morgan fingerprint density at radius 1 is 1.26 bits per heavy atom. The van der Waals surface area contributed by atoms with Gasteiger partial charge in [-0.1, -0.05) is 0 Å². The van der Waals surface area contributed by atoms with Crippen molar-refractivity contribution < 1.29 is 31.9 Å². The van der Waals surface area contributed by atoms with E-state index in [0.717, 1.165) is 36.4 Å². The van der Waals surface area contributed by atoms with Gasteiger partial charge in [0, 0.05) is 31.2 Å². The molecule has 2 atom stereocenters. The Bertz CT molecular complexity index is 1240. The van der Waals surface area contributed by atoms with Crippen LogP contribution in [0.2, 0.25) is 0 Å². The number of hydrogen-bond donors (Lipinski definition) is 1. The number of phenolic OH excluding ortho intramolecular Hbond substituents is 1. The van der Waals surface area contributed by atoms with E-state index in [1.807, 2.05) is 10.7 Å². The lowest BCUT2D eigenvalue weighted by Gasteiger charge is -2.23. The molecular weight excluding hydrogens is 476 g/mol. The van der Waals surface area contributed by atoms with Crippen molar-refractivity contribution in [3.05, 3.63) is 30.5 Å². The lowest BCUT2D eigenvalue weighted by Crippen LogP contribution is -2.20. The van der Waals surface area contributed by atoms with Crippen molar-refractivity contribution in [2.24, 2.45) is 0 Å².